The lowest BCUT2D eigenvalue weighted by Gasteiger charge is -2.16. The number of nitrogens with one attached hydrogen (secondary N) is 1. The van der Waals surface area contributed by atoms with Crippen molar-refractivity contribution in [3.05, 3.63) is 16.7 Å². The number of nitrogens with zero attached hydrogens (tertiary/aromatic N) is 1. The third-order valence-electron chi connectivity index (χ3n) is 1.97. The van der Waals surface area contributed by atoms with Crippen LogP contribution in [0.25, 0.3) is 0 Å². The number of H-pyrrole nitrogens is 1. The van der Waals surface area contributed by atoms with Crippen LogP contribution in [0.15, 0.2) is 6.20 Å². The molecule has 1 atom stereocenters. The van der Waals surface area contributed by atoms with Crippen molar-refractivity contribution in [2.45, 2.75) is 32.5 Å². The summed E-state index contributed by atoms with van der Waals surface area (Å²) < 4.78 is 38.1. The molecule has 0 saturated carbocycles. The summed E-state index contributed by atoms with van der Waals surface area (Å²) in [4.78, 5) is 2.71. The number of rotatable bonds is 2. The van der Waals surface area contributed by atoms with Crippen LogP contribution in [0.3, 0.4) is 0 Å². The van der Waals surface area contributed by atoms with Crippen molar-refractivity contribution < 1.29 is 13.2 Å². The van der Waals surface area contributed by atoms with E-state index in [0.29, 0.717) is 10.5 Å². The summed E-state index contributed by atoms with van der Waals surface area (Å²) in [6.07, 6.45) is -3.41. The fourth-order valence-corrected chi connectivity index (χ4v) is 1.82. The number of hydrogen-bond acceptors (Lipinski definition) is 1. The topological polar surface area (TPSA) is 20.7 Å². The molecule has 0 bridgehead atoms. The fraction of sp³-hybridized carbons (Fsp3) is 0.625. The fourth-order valence-electron chi connectivity index (χ4n) is 1.44. The molecule has 0 radical (unpaired) electrons. The van der Waals surface area contributed by atoms with Gasteiger partial charge in [0, 0.05) is 17.9 Å². The summed E-state index contributed by atoms with van der Waals surface area (Å²) in [6.45, 7) is 3.23. The molecule has 14 heavy (non-hydrogen) atoms. The molecule has 2 nitrogen and oxygen atoms in total. The lowest BCUT2D eigenvalue weighted by atomic mass is 10.2. The summed E-state index contributed by atoms with van der Waals surface area (Å²) in [5.41, 5.74) is 0.715. The minimum absolute atomic E-state index is 0.333. The zero-order valence-electron chi connectivity index (χ0n) is 7.85. The molecule has 0 aliphatic carbocycles. The van der Waals surface area contributed by atoms with E-state index in [0.717, 1.165) is 0 Å². The van der Waals surface area contributed by atoms with E-state index < -0.39 is 18.6 Å². The highest BCUT2D eigenvalue weighted by molar-refractivity contribution is 7.71. The van der Waals surface area contributed by atoms with E-state index in [9.17, 15) is 13.2 Å². The van der Waals surface area contributed by atoms with Crippen LogP contribution in [0, 0.1) is 11.7 Å². The van der Waals surface area contributed by atoms with Crippen LogP contribution < -0.4 is 0 Å². The van der Waals surface area contributed by atoms with Gasteiger partial charge in [0.25, 0.3) is 0 Å². The number of halogens is 3. The Morgan fingerprint density at radius 3 is 2.50 bits per heavy atom. The summed E-state index contributed by atoms with van der Waals surface area (Å²) in [7, 11) is 0. The van der Waals surface area contributed by atoms with Gasteiger partial charge in [-0.15, -0.1) is 0 Å². The highest BCUT2D eigenvalue weighted by Crippen LogP contribution is 2.28. The van der Waals surface area contributed by atoms with Crippen LogP contribution in [-0.2, 0) is 0 Å². The highest BCUT2D eigenvalue weighted by atomic mass is 32.1. The maximum atomic E-state index is 12.1. The standard InChI is InChI=1S/C8H11F3N2S/c1-5(3-8(9,10)11)13-6(2)4-12-7(13)14/h4-5H,3H2,1-2H3,(H,12,14). The van der Waals surface area contributed by atoms with E-state index in [1.807, 2.05) is 0 Å². The van der Waals surface area contributed by atoms with Crippen LogP contribution in [0.4, 0.5) is 13.2 Å². The molecule has 0 amide bonds. The molecule has 0 fully saturated rings. The Labute approximate surface area is 84.8 Å². The smallest absolute Gasteiger partial charge is 0.337 e. The van der Waals surface area contributed by atoms with Gasteiger partial charge in [-0.3, -0.25) is 0 Å². The van der Waals surface area contributed by atoms with Gasteiger partial charge < -0.3 is 9.55 Å². The molecule has 1 N–H and O–H groups in total. The average Bonchev–Trinajstić information content (AvgIpc) is 2.27. The van der Waals surface area contributed by atoms with E-state index in [1.54, 1.807) is 13.1 Å². The monoisotopic (exact) mass is 224 g/mol. The molecule has 80 valence electrons. The van der Waals surface area contributed by atoms with Gasteiger partial charge in [-0.1, -0.05) is 0 Å². The zero-order chi connectivity index (χ0) is 10.9. The van der Waals surface area contributed by atoms with Crippen LogP contribution in [0.5, 0.6) is 0 Å². The second kappa shape index (κ2) is 3.76. The van der Waals surface area contributed by atoms with Crippen molar-refractivity contribution in [2.24, 2.45) is 0 Å². The lowest BCUT2D eigenvalue weighted by Crippen LogP contribution is -2.17. The predicted octanol–water partition coefficient (Wildman–Crippen LogP) is 3.37. The van der Waals surface area contributed by atoms with Gasteiger partial charge in [0.05, 0.1) is 6.42 Å². The molecule has 0 aromatic carbocycles. The van der Waals surface area contributed by atoms with E-state index >= 15 is 0 Å². The maximum Gasteiger partial charge on any atom is 0.391 e. The van der Waals surface area contributed by atoms with Gasteiger partial charge in [0.15, 0.2) is 4.77 Å². The number of alkyl halides is 3. The highest BCUT2D eigenvalue weighted by Gasteiger charge is 2.31. The molecule has 1 unspecified atom stereocenters. The van der Waals surface area contributed by atoms with Crippen LogP contribution in [-0.4, -0.2) is 15.7 Å². The van der Waals surface area contributed by atoms with Crippen molar-refractivity contribution in [2.75, 3.05) is 0 Å². The molecule has 0 aliphatic heterocycles. The maximum absolute atomic E-state index is 12.1. The molecular weight excluding hydrogens is 213 g/mol. The normalized spacial score (nSPS) is 14.4. The average molecular weight is 224 g/mol. The molecule has 1 rings (SSSR count). The summed E-state index contributed by atoms with van der Waals surface area (Å²) in [5, 5.41) is 0. The quantitative estimate of drug-likeness (QED) is 0.764. The molecule has 1 aromatic heterocycles. The summed E-state index contributed by atoms with van der Waals surface area (Å²) in [5.74, 6) is 0. The number of hydrogen-bond donors (Lipinski definition) is 1. The Morgan fingerprint density at radius 1 is 1.57 bits per heavy atom. The third kappa shape index (κ3) is 2.60. The molecule has 6 heteroatoms. The van der Waals surface area contributed by atoms with Gasteiger partial charge >= 0.3 is 6.18 Å². The second-order valence-electron chi connectivity index (χ2n) is 3.27. The lowest BCUT2D eigenvalue weighted by molar-refractivity contribution is -0.141. The predicted molar refractivity (Wildman–Crippen MR) is 49.7 cm³/mol. The SMILES string of the molecule is Cc1c[nH]c(=S)n1C(C)CC(F)(F)F. The summed E-state index contributed by atoms with van der Waals surface area (Å²) in [6, 6.07) is -0.659. The van der Waals surface area contributed by atoms with Crippen molar-refractivity contribution in [1.29, 1.82) is 0 Å². The van der Waals surface area contributed by atoms with E-state index in [2.05, 4.69) is 4.98 Å². The van der Waals surface area contributed by atoms with Crippen molar-refractivity contribution in [1.82, 2.24) is 9.55 Å². The van der Waals surface area contributed by atoms with Crippen molar-refractivity contribution in [3.8, 4) is 0 Å². The third-order valence-corrected chi connectivity index (χ3v) is 2.29. The Balaban J connectivity index is 2.90. The zero-order valence-corrected chi connectivity index (χ0v) is 8.67. The molecule has 0 saturated heterocycles. The number of aryl methyl sites for hydroxylation is 1. The largest absolute Gasteiger partial charge is 0.391 e. The van der Waals surface area contributed by atoms with Crippen LogP contribution in [0.1, 0.15) is 25.1 Å². The first-order valence-corrected chi connectivity index (χ1v) is 4.55. The summed E-state index contributed by atoms with van der Waals surface area (Å²) >= 11 is 4.88. The van der Waals surface area contributed by atoms with Gasteiger partial charge in [-0.25, -0.2) is 0 Å². The number of aromatic amines is 1. The minimum Gasteiger partial charge on any atom is -0.337 e. The van der Waals surface area contributed by atoms with Crippen LogP contribution >= 0.6 is 12.2 Å². The van der Waals surface area contributed by atoms with E-state index in [4.69, 9.17) is 12.2 Å². The molecule has 0 spiro atoms. The van der Waals surface area contributed by atoms with Gasteiger partial charge in [-0.2, -0.15) is 13.2 Å². The van der Waals surface area contributed by atoms with Crippen molar-refractivity contribution in [3.63, 3.8) is 0 Å². The van der Waals surface area contributed by atoms with Crippen LogP contribution in [0.2, 0.25) is 0 Å². The first-order chi connectivity index (χ1) is 6.31. The Hall–Kier alpha value is -0.780. The van der Waals surface area contributed by atoms with E-state index in [-0.39, 0.29) is 0 Å². The first-order valence-electron chi connectivity index (χ1n) is 4.14. The Bertz CT molecular complexity index is 363. The molecule has 0 aliphatic rings. The second-order valence-corrected chi connectivity index (χ2v) is 3.66. The van der Waals surface area contributed by atoms with Gasteiger partial charge in [-0.05, 0) is 26.1 Å². The Kier molecular flexibility index (Phi) is 3.04. The molecule has 1 aromatic rings. The first kappa shape index (κ1) is 11.3. The van der Waals surface area contributed by atoms with E-state index in [1.165, 1.54) is 11.5 Å². The van der Waals surface area contributed by atoms with Crippen molar-refractivity contribution >= 4 is 12.2 Å². The number of aromatic nitrogens is 2. The number of imidazole rings is 1. The minimum atomic E-state index is -4.15. The Morgan fingerprint density at radius 2 is 2.14 bits per heavy atom. The van der Waals surface area contributed by atoms with Gasteiger partial charge in [0.1, 0.15) is 0 Å². The van der Waals surface area contributed by atoms with Gasteiger partial charge in [0.2, 0.25) is 0 Å². The molecule has 1 heterocycles. The molecular formula is C8H11F3N2S.